The molecule has 0 spiro atoms. The Kier molecular flexibility index (Phi) is 4.67. The summed E-state index contributed by atoms with van der Waals surface area (Å²) in [6, 6.07) is 3.57. The molecule has 1 unspecified atom stereocenters. The first kappa shape index (κ1) is 15.2. The highest BCUT2D eigenvalue weighted by Gasteiger charge is 2.34. The molecular formula is C15H19NO5. The summed E-state index contributed by atoms with van der Waals surface area (Å²) in [5.74, 6) is -1.72. The number of nitrogens with zero attached hydrogens (tertiary/aromatic N) is 1. The fourth-order valence-electron chi connectivity index (χ4n) is 2.52. The van der Waals surface area contributed by atoms with E-state index < -0.39 is 23.7 Å². The molecule has 1 aliphatic heterocycles. The standard InChI is InChI=1S/C15H19NO5/c1-2-21-15(20)11-7-3-4-9-16(11)14(19)10-6-5-8-12(17)13(10)18/h5-6,8,11,17-18H,2-4,7,9H2,1H3. The first-order valence-corrected chi connectivity index (χ1v) is 7.04. The number of piperidine rings is 1. The van der Waals surface area contributed by atoms with Crippen molar-refractivity contribution in [1.29, 1.82) is 0 Å². The number of likely N-dealkylation sites (tertiary alicyclic amines) is 1. The zero-order valence-electron chi connectivity index (χ0n) is 11.9. The summed E-state index contributed by atoms with van der Waals surface area (Å²) < 4.78 is 5.01. The predicted molar refractivity (Wildman–Crippen MR) is 75.1 cm³/mol. The number of esters is 1. The molecular weight excluding hydrogens is 274 g/mol. The van der Waals surface area contributed by atoms with Gasteiger partial charge in [0.1, 0.15) is 6.04 Å². The number of hydrogen-bond donors (Lipinski definition) is 2. The van der Waals surface area contributed by atoms with Gasteiger partial charge in [0, 0.05) is 6.54 Å². The topological polar surface area (TPSA) is 87.1 Å². The maximum absolute atomic E-state index is 12.5. The molecule has 1 heterocycles. The lowest BCUT2D eigenvalue weighted by atomic mass is 10.0. The molecule has 0 aromatic heterocycles. The number of hydrogen-bond acceptors (Lipinski definition) is 5. The van der Waals surface area contributed by atoms with Crippen LogP contribution in [0.15, 0.2) is 18.2 Å². The van der Waals surface area contributed by atoms with E-state index >= 15 is 0 Å². The van der Waals surface area contributed by atoms with Gasteiger partial charge in [-0.15, -0.1) is 0 Å². The Morgan fingerprint density at radius 2 is 2.10 bits per heavy atom. The molecule has 1 saturated heterocycles. The lowest BCUT2D eigenvalue weighted by molar-refractivity contribution is -0.149. The second-order valence-corrected chi connectivity index (χ2v) is 4.94. The summed E-state index contributed by atoms with van der Waals surface area (Å²) >= 11 is 0. The van der Waals surface area contributed by atoms with Gasteiger partial charge in [0.2, 0.25) is 0 Å². The monoisotopic (exact) mass is 293 g/mol. The lowest BCUT2D eigenvalue weighted by Crippen LogP contribution is -2.48. The van der Waals surface area contributed by atoms with Gasteiger partial charge < -0.3 is 19.8 Å². The third-order valence-corrected chi connectivity index (χ3v) is 3.57. The quantitative estimate of drug-likeness (QED) is 0.653. The molecule has 2 N–H and O–H groups in total. The Morgan fingerprint density at radius 1 is 1.33 bits per heavy atom. The molecule has 1 aromatic carbocycles. The van der Waals surface area contributed by atoms with Crippen LogP contribution in [-0.4, -0.2) is 46.2 Å². The maximum atomic E-state index is 12.5. The first-order chi connectivity index (χ1) is 10.1. The Balaban J connectivity index is 2.26. The minimum absolute atomic E-state index is 0.00815. The molecule has 0 saturated carbocycles. The largest absolute Gasteiger partial charge is 0.504 e. The Hall–Kier alpha value is -2.24. The van der Waals surface area contributed by atoms with Crippen molar-refractivity contribution >= 4 is 11.9 Å². The molecule has 0 radical (unpaired) electrons. The zero-order valence-corrected chi connectivity index (χ0v) is 11.9. The highest BCUT2D eigenvalue weighted by molar-refractivity contribution is 5.99. The molecule has 6 nitrogen and oxygen atoms in total. The van der Waals surface area contributed by atoms with Crippen LogP contribution >= 0.6 is 0 Å². The fourth-order valence-corrected chi connectivity index (χ4v) is 2.52. The molecule has 2 rings (SSSR count). The van der Waals surface area contributed by atoms with Crippen LogP contribution in [0, 0.1) is 0 Å². The number of para-hydroxylation sites is 1. The van der Waals surface area contributed by atoms with Crippen LogP contribution in [0.2, 0.25) is 0 Å². The van der Waals surface area contributed by atoms with E-state index in [1.807, 2.05) is 0 Å². The van der Waals surface area contributed by atoms with E-state index in [0.717, 1.165) is 12.8 Å². The van der Waals surface area contributed by atoms with Crippen molar-refractivity contribution in [2.45, 2.75) is 32.2 Å². The van der Waals surface area contributed by atoms with E-state index in [2.05, 4.69) is 0 Å². The van der Waals surface area contributed by atoms with E-state index in [1.165, 1.54) is 23.1 Å². The van der Waals surface area contributed by atoms with Crippen LogP contribution in [0.5, 0.6) is 11.5 Å². The molecule has 1 amide bonds. The Bertz CT molecular complexity index is 543. The lowest BCUT2D eigenvalue weighted by Gasteiger charge is -2.34. The molecule has 6 heteroatoms. The van der Waals surface area contributed by atoms with Crippen molar-refractivity contribution in [2.24, 2.45) is 0 Å². The van der Waals surface area contributed by atoms with Crippen molar-refractivity contribution in [3.05, 3.63) is 23.8 Å². The second-order valence-electron chi connectivity index (χ2n) is 4.94. The van der Waals surface area contributed by atoms with E-state index in [0.29, 0.717) is 13.0 Å². The van der Waals surface area contributed by atoms with Gasteiger partial charge in [-0.3, -0.25) is 4.79 Å². The maximum Gasteiger partial charge on any atom is 0.328 e. The molecule has 1 aliphatic rings. The van der Waals surface area contributed by atoms with Crippen molar-refractivity contribution < 1.29 is 24.5 Å². The van der Waals surface area contributed by atoms with Gasteiger partial charge in [-0.25, -0.2) is 4.79 Å². The van der Waals surface area contributed by atoms with Crippen LogP contribution in [0.3, 0.4) is 0 Å². The first-order valence-electron chi connectivity index (χ1n) is 7.04. The van der Waals surface area contributed by atoms with Crippen molar-refractivity contribution in [2.75, 3.05) is 13.2 Å². The average molecular weight is 293 g/mol. The molecule has 1 atom stereocenters. The SMILES string of the molecule is CCOC(=O)C1CCCCN1C(=O)c1cccc(O)c1O. The van der Waals surface area contributed by atoms with Gasteiger partial charge >= 0.3 is 5.97 Å². The van der Waals surface area contributed by atoms with Crippen LogP contribution in [-0.2, 0) is 9.53 Å². The molecule has 0 bridgehead atoms. The van der Waals surface area contributed by atoms with E-state index in [1.54, 1.807) is 6.92 Å². The highest BCUT2D eigenvalue weighted by atomic mass is 16.5. The number of phenolic OH excluding ortho intramolecular Hbond substituents is 2. The van der Waals surface area contributed by atoms with E-state index in [9.17, 15) is 19.8 Å². The zero-order chi connectivity index (χ0) is 15.4. The van der Waals surface area contributed by atoms with E-state index in [4.69, 9.17) is 4.74 Å². The van der Waals surface area contributed by atoms with Crippen LogP contribution in [0.25, 0.3) is 0 Å². The molecule has 0 aliphatic carbocycles. The summed E-state index contributed by atoms with van der Waals surface area (Å²) in [5, 5.41) is 19.3. The Labute approximate surface area is 122 Å². The van der Waals surface area contributed by atoms with Crippen molar-refractivity contribution in [3.8, 4) is 11.5 Å². The number of carbonyl (C=O) groups is 2. The summed E-state index contributed by atoms with van der Waals surface area (Å²) in [6.45, 7) is 2.40. The number of rotatable bonds is 3. The molecule has 1 aromatic rings. The molecule has 21 heavy (non-hydrogen) atoms. The van der Waals surface area contributed by atoms with Crippen LogP contribution < -0.4 is 0 Å². The predicted octanol–water partition coefficient (Wildman–Crippen LogP) is 1.66. The average Bonchev–Trinajstić information content (AvgIpc) is 2.49. The van der Waals surface area contributed by atoms with E-state index in [-0.39, 0.29) is 17.9 Å². The minimum atomic E-state index is -0.632. The second kappa shape index (κ2) is 6.47. The number of ether oxygens (including phenoxy) is 1. The van der Waals surface area contributed by atoms with Crippen molar-refractivity contribution in [1.82, 2.24) is 4.90 Å². The van der Waals surface area contributed by atoms with Crippen LogP contribution in [0.1, 0.15) is 36.5 Å². The number of carbonyl (C=O) groups excluding carboxylic acids is 2. The summed E-state index contributed by atoms with van der Waals surface area (Å²) in [7, 11) is 0. The fraction of sp³-hybridized carbons (Fsp3) is 0.467. The summed E-state index contributed by atoms with van der Waals surface area (Å²) in [5.41, 5.74) is -0.00815. The van der Waals surface area contributed by atoms with Gasteiger partial charge in [0.15, 0.2) is 11.5 Å². The van der Waals surface area contributed by atoms with Gasteiger partial charge in [0.05, 0.1) is 12.2 Å². The number of amides is 1. The van der Waals surface area contributed by atoms with Gasteiger partial charge in [-0.2, -0.15) is 0 Å². The van der Waals surface area contributed by atoms with Gasteiger partial charge in [0.25, 0.3) is 5.91 Å². The molecule has 1 fully saturated rings. The smallest absolute Gasteiger partial charge is 0.328 e. The highest BCUT2D eigenvalue weighted by Crippen LogP contribution is 2.31. The molecule has 114 valence electrons. The number of phenols is 2. The van der Waals surface area contributed by atoms with Gasteiger partial charge in [-0.1, -0.05) is 6.07 Å². The summed E-state index contributed by atoms with van der Waals surface area (Å²) in [4.78, 5) is 25.9. The minimum Gasteiger partial charge on any atom is -0.504 e. The third-order valence-electron chi connectivity index (χ3n) is 3.57. The van der Waals surface area contributed by atoms with Crippen LogP contribution in [0.4, 0.5) is 0 Å². The number of benzene rings is 1. The summed E-state index contributed by atoms with van der Waals surface area (Å²) in [6.07, 6.45) is 2.19. The normalized spacial score (nSPS) is 18.3. The number of aromatic hydroxyl groups is 2. The van der Waals surface area contributed by atoms with Gasteiger partial charge in [-0.05, 0) is 38.3 Å². The van der Waals surface area contributed by atoms with Crippen molar-refractivity contribution in [3.63, 3.8) is 0 Å². The third kappa shape index (κ3) is 3.09. The Morgan fingerprint density at radius 3 is 2.81 bits per heavy atom.